The molecule has 3 heterocycles. The van der Waals surface area contributed by atoms with Crippen molar-refractivity contribution in [2.24, 2.45) is 0 Å². The number of nitrogens with zero attached hydrogens (tertiary/aromatic N) is 3. The molecular formula is C25H26ClN3OS. The van der Waals surface area contributed by atoms with Crippen molar-refractivity contribution in [2.45, 2.75) is 19.4 Å². The lowest BCUT2D eigenvalue weighted by molar-refractivity contribution is 0.0752. The molecule has 1 aliphatic carbocycles. The molecule has 2 fully saturated rings. The number of hydrogen-bond acceptors (Lipinski definition) is 4. The van der Waals surface area contributed by atoms with Crippen molar-refractivity contribution in [1.82, 2.24) is 14.7 Å². The second kappa shape index (κ2) is 8.80. The summed E-state index contributed by atoms with van der Waals surface area (Å²) in [7, 11) is 0. The van der Waals surface area contributed by atoms with E-state index in [0.717, 1.165) is 68.2 Å². The van der Waals surface area contributed by atoms with Gasteiger partial charge in [-0.2, -0.15) is 0 Å². The van der Waals surface area contributed by atoms with Gasteiger partial charge in [-0.1, -0.05) is 35.5 Å². The topological polar surface area (TPSA) is 26.8 Å². The van der Waals surface area contributed by atoms with Crippen LogP contribution in [-0.2, 0) is 0 Å². The second-order valence-electron chi connectivity index (χ2n) is 8.51. The van der Waals surface area contributed by atoms with Crippen LogP contribution in [0, 0.1) is 6.92 Å². The first-order valence-corrected chi connectivity index (χ1v) is 12.1. The van der Waals surface area contributed by atoms with E-state index < -0.39 is 0 Å². The van der Waals surface area contributed by atoms with E-state index in [2.05, 4.69) is 45.2 Å². The van der Waals surface area contributed by atoms with Gasteiger partial charge in [0.25, 0.3) is 5.91 Å². The van der Waals surface area contributed by atoms with Crippen LogP contribution in [0.3, 0.4) is 0 Å². The molecule has 1 aromatic heterocycles. The number of fused-ring (bicyclic) bond motifs is 1. The van der Waals surface area contributed by atoms with E-state index in [1.807, 2.05) is 24.3 Å². The van der Waals surface area contributed by atoms with E-state index in [0.29, 0.717) is 11.1 Å². The van der Waals surface area contributed by atoms with E-state index in [1.165, 1.54) is 10.1 Å². The van der Waals surface area contributed by atoms with Crippen LogP contribution in [0.25, 0.3) is 10.1 Å². The number of carbonyl (C=O) groups is 1. The van der Waals surface area contributed by atoms with E-state index in [1.54, 1.807) is 11.3 Å². The van der Waals surface area contributed by atoms with Crippen molar-refractivity contribution in [3.63, 3.8) is 0 Å². The van der Waals surface area contributed by atoms with Crippen molar-refractivity contribution in [3.05, 3.63) is 68.9 Å². The van der Waals surface area contributed by atoms with Gasteiger partial charge in [-0.3, -0.25) is 14.6 Å². The van der Waals surface area contributed by atoms with Crippen molar-refractivity contribution in [1.29, 1.82) is 0 Å². The normalized spacial score (nSPS) is 22.3. The number of thiophene rings is 1. The third kappa shape index (κ3) is 4.31. The van der Waals surface area contributed by atoms with Gasteiger partial charge in [0, 0.05) is 62.1 Å². The molecule has 1 aromatic carbocycles. The number of hydrogen-bond donors (Lipinski definition) is 0. The van der Waals surface area contributed by atoms with Gasteiger partial charge in [-0.05, 0) is 48.2 Å². The molecule has 0 spiro atoms. The average molecular weight is 452 g/mol. The number of carbonyl (C=O) groups excluding carboxylic acids is 1. The standard InChI is InChI=1S/C25H26ClN3OS/c1-18-22-4-2-3-5-23(22)31-24(18)25(30)29-11-10-21(17-29)28-14-12-27(13-15-28)16-19-6-8-20(26)9-7-19/h2-6,8,21H,10-17H2,1H3/t21-/m1/s1. The molecule has 0 unspecified atom stereocenters. The minimum Gasteiger partial charge on any atom is -0.336 e. The first kappa shape index (κ1) is 20.8. The Balaban J connectivity index is 1.18. The zero-order chi connectivity index (χ0) is 21.4. The van der Waals surface area contributed by atoms with Gasteiger partial charge < -0.3 is 4.90 Å². The van der Waals surface area contributed by atoms with Crippen LogP contribution in [0.1, 0.15) is 21.7 Å². The van der Waals surface area contributed by atoms with Gasteiger partial charge >= 0.3 is 0 Å². The fourth-order valence-electron chi connectivity index (χ4n) is 4.76. The molecule has 0 N–H and O–H groups in total. The van der Waals surface area contributed by atoms with Crippen LogP contribution in [0.15, 0.2) is 58.5 Å². The first-order chi connectivity index (χ1) is 15.1. The quantitative estimate of drug-likeness (QED) is 0.644. The van der Waals surface area contributed by atoms with Gasteiger partial charge in [-0.25, -0.2) is 0 Å². The molecule has 2 aromatic rings. The van der Waals surface area contributed by atoms with Gasteiger partial charge in [0.15, 0.2) is 0 Å². The molecule has 4 nitrogen and oxygen atoms in total. The van der Waals surface area contributed by atoms with E-state index in [4.69, 9.17) is 11.6 Å². The third-order valence-corrected chi connectivity index (χ3v) is 8.06. The predicted octanol–water partition coefficient (Wildman–Crippen LogP) is 4.41. The molecule has 1 amide bonds. The molecule has 160 valence electrons. The Hall–Kier alpha value is -2.10. The summed E-state index contributed by atoms with van der Waals surface area (Å²) in [5.41, 5.74) is 8.35. The summed E-state index contributed by atoms with van der Waals surface area (Å²) in [5, 5.41) is 1.82. The highest BCUT2D eigenvalue weighted by molar-refractivity contribution is 7.21. The predicted molar refractivity (Wildman–Crippen MR) is 128 cm³/mol. The molecular weight excluding hydrogens is 426 g/mol. The Bertz CT molecular complexity index is 1140. The summed E-state index contributed by atoms with van der Waals surface area (Å²) in [5.74, 6) is 0.203. The summed E-state index contributed by atoms with van der Waals surface area (Å²) in [6.07, 6.45) is 4.98. The van der Waals surface area contributed by atoms with Gasteiger partial charge in [-0.15, -0.1) is 11.3 Å². The van der Waals surface area contributed by atoms with E-state index in [9.17, 15) is 4.79 Å². The second-order valence-corrected chi connectivity index (χ2v) is 9.97. The minimum atomic E-state index is 0.203. The molecule has 0 saturated carbocycles. The number of benzene rings is 1. The zero-order valence-electron chi connectivity index (χ0n) is 17.7. The highest BCUT2D eigenvalue weighted by Crippen LogP contribution is 2.32. The first-order valence-electron chi connectivity index (χ1n) is 10.9. The number of allylic oxidation sites excluding steroid dienone is 2. The van der Waals surface area contributed by atoms with E-state index in [-0.39, 0.29) is 5.91 Å². The van der Waals surface area contributed by atoms with Crippen molar-refractivity contribution in [3.8, 4) is 0 Å². The van der Waals surface area contributed by atoms with Gasteiger partial charge in [0.05, 0.1) is 9.91 Å². The number of aryl methyl sites for hydroxylation is 1. The smallest absolute Gasteiger partial charge is 0.264 e. The monoisotopic (exact) mass is 451 g/mol. The molecule has 31 heavy (non-hydrogen) atoms. The summed E-state index contributed by atoms with van der Waals surface area (Å²) in [6, 6.07) is 8.78. The molecule has 5 rings (SSSR count). The Kier molecular flexibility index (Phi) is 5.90. The number of likely N-dealkylation sites (tertiary alicyclic amines) is 1. The Morgan fingerprint density at radius 1 is 1.13 bits per heavy atom. The lowest BCUT2D eigenvalue weighted by Gasteiger charge is -2.38. The maximum Gasteiger partial charge on any atom is 0.264 e. The van der Waals surface area contributed by atoms with Gasteiger partial charge in [0.1, 0.15) is 0 Å². The van der Waals surface area contributed by atoms with Crippen molar-refractivity contribution in [2.75, 3.05) is 45.8 Å². The Morgan fingerprint density at radius 3 is 2.68 bits per heavy atom. The van der Waals surface area contributed by atoms with Crippen LogP contribution < -0.4 is 0 Å². The van der Waals surface area contributed by atoms with Crippen LogP contribution in [0.4, 0.5) is 0 Å². The number of amides is 1. The highest BCUT2D eigenvalue weighted by Gasteiger charge is 2.33. The molecule has 0 bridgehead atoms. The molecule has 1 atom stereocenters. The lowest BCUT2D eigenvalue weighted by atomic mass is 10.1. The van der Waals surface area contributed by atoms with E-state index >= 15 is 0 Å². The average Bonchev–Trinajstić information content (AvgIpc) is 3.41. The Morgan fingerprint density at radius 2 is 1.94 bits per heavy atom. The van der Waals surface area contributed by atoms with Crippen LogP contribution in [-0.4, -0.2) is 72.5 Å². The molecule has 2 saturated heterocycles. The lowest BCUT2D eigenvalue weighted by Crippen LogP contribution is -2.51. The van der Waals surface area contributed by atoms with Crippen LogP contribution in [0.2, 0.25) is 0 Å². The summed E-state index contributed by atoms with van der Waals surface area (Å²) in [6.45, 7) is 8.83. The number of rotatable bonds is 4. The fourth-order valence-corrected chi connectivity index (χ4v) is 6.05. The summed E-state index contributed by atoms with van der Waals surface area (Å²) in [4.78, 5) is 21.2. The maximum absolute atomic E-state index is 13.2. The Labute approximate surface area is 192 Å². The maximum atomic E-state index is 13.2. The SMILES string of the molecule is Cc1c(C(=O)N2CC[C@@H](N3CCN(CC4=C=C=C(Cl)C=C4)CC3)C2)sc2ccccc12. The highest BCUT2D eigenvalue weighted by atomic mass is 35.5. The van der Waals surface area contributed by atoms with Crippen LogP contribution >= 0.6 is 22.9 Å². The number of piperazine rings is 1. The largest absolute Gasteiger partial charge is 0.336 e. The summed E-state index contributed by atoms with van der Waals surface area (Å²) < 4.78 is 1.20. The number of halogens is 1. The van der Waals surface area contributed by atoms with Gasteiger partial charge in [0.2, 0.25) is 0 Å². The third-order valence-electron chi connectivity index (χ3n) is 6.58. The fraction of sp³-hybridized carbons (Fsp3) is 0.400. The van der Waals surface area contributed by atoms with Crippen LogP contribution in [0.5, 0.6) is 0 Å². The van der Waals surface area contributed by atoms with Crippen molar-refractivity contribution < 1.29 is 4.79 Å². The van der Waals surface area contributed by atoms with Crippen molar-refractivity contribution >= 4 is 38.9 Å². The molecule has 0 radical (unpaired) electrons. The zero-order valence-corrected chi connectivity index (χ0v) is 19.3. The summed E-state index contributed by atoms with van der Waals surface area (Å²) >= 11 is 7.55. The minimum absolute atomic E-state index is 0.203. The molecule has 2 aliphatic heterocycles. The molecule has 3 aliphatic rings. The molecule has 6 heteroatoms.